The van der Waals surface area contributed by atoms with E-state index in [0.29, 0.717) is 19.1 Å². The van der Waals surface area contributed by atoms with Crippen LogP contribution in [0.4, 0.5) is 4.39 Å². The molecule has 1 aromatic carbocycles. The molecule has 1 rings (SSSR count). The zero-order valence-electron chi connectivity index (χ0n) is 11.6. The van der Waals surface area contributed by atoms with Crippen molar-refractivity contribution in [1.29, 1.82) is 0 Å². The molecule has 0 saturated heterocycles. The van der Waals surface area contributed by atoms with Crippen LogP contribution in [0.2, 0.25) is 0 Å². The Balaban J connectivity index is 2.62. The summed E-state index contributed by atoms with van der Waals surface area (Å²) in [4.78, 5) is 0. The van der Waals surface area contributed by atoms with Crippen LogP contribution >= 0.6 is 0 Å². The van der Waals surface area contributed by atoms with Crippen molar-refractivity contribution in [3.05, 3.63) is 35.6 Å². The highest BCUT2D eigenvalue weighted by Crippen LogP contribution is 2.19. The lowest BCUT2D eigenvalue weighted by Gasteiger charge is -2.19. The van der Waals surface area contributed by atoms with Crippen molar-refractivity contribution in [3.8, 4) is 0 Å². The zero-order chi connectivity index (χ0) is 13.4. The molecule has 0 radical (unpaired) electrons. The van der Waals surface area contributed by atoms with E-state index in [1.54, 1.807) is 6.07 Å². The highest BCUT2D eigenvalue weighted by molar-refractivity contribution is 5.22. The minimum atomic E-state index is -0.145. The number of benzene rings is 1. The molecule has 0 aliphatic heterocycles. The molecule has 2 nitrogen and oxygen atoms in total. The number of hydrogen-bond donors (Lipinski definition) is 1. The summed E-state index contributed by atoms with van der Waals surface area (Å²) >= 11 is 0. The number of rotatable bonds is 8. The van der Waals surface area contributed by atoms with Gasteiger partial charge in [0.05, 0.1) is 6.61 Å². The van der Waals surface area contributed by atoms with Crippen molar-refractivity contribution in [2.45, 2.75) is 26.7 Å². The van der Waals surface area contributed by atoms with Gasteiger partial charge in [-0.1, -0.05) is 32.0 Å². The number of hydrogen-bond acceptors (Lipinski definition) is 2. The Morgan fingerprint density at radius 3 is 2.56 bits per heavy atom. The maximum absolute atomic E-state index is 13.8. The second-order valence-electron chi connectivity index (χ2n) is 4.93. The lowest BCUT2D eigenvalue weighted by molar-refractivity contribution is 0.130. The average molecular weight is 253 g/mol. The Morgan fingerprint density at radius 2 is 1.94 bits per heavy atom. The third-order valence-electron chi connectivity index (χ3n) is 2.81. The number of ether oxygens (including phenoxy) is 1. The van der Waals surface area contributed by atoms with Gasteiger partial charge in [-0.3, -0.25) is 0 Å². The van der Waals surface area contributed by atoms with E-state index in [1.807, 2.05) is 19.1 Å². The van der Waals surface area contributed by atoms with Gasteiger partial charge in [0, 0.05) is 19.1 Å². The Morgan fingerprint density at radius 1 is 1.22 bits per heavy atom. The van der Waals surface area contributed by atoms with Gasteiger partial charge in [-0.25, -0.2) is 4.39 Å². The summed E-state index contributed by atoms with van der Waals surface area (Å²) in [7, 11) is 0. The lowest BCUT2D eigenvalue weighted by Crippen LogP contribution is -2.28. The SMILES string of the molecule is CCOCC(CNCC(C)C)c1ccccc1F. The summed E-state index contributed by atoms with van der Waals surface area (Å²) in [6, 6.07) is 6.95. The van der Waals surface area contributed by atoms with E-state index in [2.05, 4.69) is 19.2 Å². The average Bonchev–Trinajstić information content (AvgIpc) is 2.34. The molecular formula is C15H24FNO. The molecule has 0 bridgehead atoms. The van der Waals surface area contributed by atoms with E-state index in [4.69, 9.17) is 4.74 Å². The Bertz CT molecular complexity index is 341. The molecule has 0 aliphatic rings. The van der Waals surface area contributed by atoms with Crippen LogP contribution in [0.25, 0.3) is 0 Å². The minimum absolute atomic E-state index is 0.0740. The molecule has 0 amide bonds. The summed E-state index contributed by atoms with van der Waals surface area (Å²) < 4.78 is 19.2. The first-order chi connectivity index (χ1) is 8.65. The molecule has 0 heterocycles. The van der Waals surface area contributed by atoms with Gasteiger partial charge in [-0.15, -0.1) is 0 Å². The van der Waals surface area contributed by atoms with Crippen LogP contribution in [0.15, 0.2) is 24.3 Å². The number of nitrogens with one attached hydrogen (secondary N) is 1. The standard InChI is InChI=1S/C15H24FNO/c1-4-18-11-13(10-17-9-12(2)3)14-7-5-6-8-15(14)16/h5-8,12-13,17H,4,9-11H2,1-3H3. The van der Waals surface area contributed by atoms with Gasteiger partial charge >= 0.3 is 0 Å². The van der Waals surface area contributed by atoms with Crippen LogP contribution in [0, 0.1) is 11.7 Å². The summed E-state index contributed by atoms with van der Waals surface area (Å²) in [6.45, 7) is 9.19. The predicted octanol–water partition coefficient (Wildman–Crippen LogP) is 3.19. The summed E-state index contributed by atoms with van der Waals surface area (Å²) in [5, 5.41) is 3.37. The highest BCUT2D eigenvalue weighted by atomic mass is 19.1. The maximum atomic E-state index is 13.8. The fourth-order valence-electron chi connectivity index (χ4n) is 1.87. The van der Waals surface area contributed by atoms with E-state index < -0.39 is 0 Å². The van der Waals surface area contributed by atoms with Gasteiger partial charge in [0.2, 0.25) is 0 Å². The normalized spacial score (nSPS) is 12.9. The quantitative estimate of drug-likeness (QED) is 0.768. The fourth-order valence-corrected chi connectivity index (χ4v) is 1.87. The van der Waals surface area contributed by atoms with Gasteiger partial charge in [0.1, 0.15) is 5.82 Å². The first-order valence-corrected chi connectivity index (χ1v) is 6.68. The molecule has 1 unspecified atom stereocenters. The van der Waals surface area contributed by atoms with E-state index in [-0.39, 0.29) is 11.7 Å². The smallest absolute Gasteiger partial charge is 0.126 e. The van der Waals surface area contributed by atoms with Crippen LogP contribution in [0.1, 0.15) is 32.3 Å². The van der Waals surface area contributed by atoms with Gasteiger partial charge < -0.3 is 10.1 Å². The molecule has 1 atom stereocenters. The topological polar surface area (TPSA) is 21.3 Å². The van der Waals surface area contributed by atoms with Gasteiger partial charge in [0.15, 0.2) is 0 Å². The highest BCUT2D eigenvalue weighted by Gasteiger charge is 2.15. The first kappa shape index (κ1) is 15.1. The van der Waals surface area contributed by atoms with Gasteiger partial charge in [-0.2, -0.15) is 0 Å². The molecule has 0 aliphatic carbocycles. The van der Waals surface area contributed by atoms with Crippen LogP contribution in [-0.4, -0.2) is 26.3 Å². The van der Waals surface area contributed by atoms with Crippen molar-refractivity contribution in [2.75, 3.05) is 26.3 Å². The van der Waals surface area contributed by atoms with Crippen molar-refractivity contribution in [1.82, 2.24) is 5.32 Å². The van der Waals surface area contributed by atoms with Gasteiger partial charge in [-0.05, 0) is 31.0 Å². The fraction of sp³-hybridized carbons (Fsp3) is 0.600. The molecule has 102 valence electrons. The van der Waals surface area contributed by atoms with Crippen molar-refractivity contribution < 1.29 is 9.13 Å². The van der Waals surface area contributed by atoms with Crippen LogP contribution in [-0.2, 0) is 4.74 Å². The third kappa shape index (κ3) is 5.15. The molecule has 0 fully saturated rings. The van der Waals surface area contributed by atoms with Crippen LogP contribution in [0.3, 0.4) is 0 Å². The number of halogens is 1. The zero-order valence-corrected chi connectivity index (χ0v) is 11.6. The molecule has 3 heteroatoms. The van der Waals surface area contributed by atoms with Crippen molar-refractivity contribution >= 4 is 0 Å². The van der Waals surface area contributed by atoms with Crippen LogP contribution in [0.5, 0.6) is 0 Å². The van der Waals surface area contributed by atoms with Crippen LogP contribution < -0.4 is 5.32 Å². The van der Waals surface area contributed by atoms with Crippen molar-refractivity contribution in [2.24, 2.45) is 5.92 Å². The molecule has 0 saturated carbocycles. The largest absolute Gasteiger partial charge is 0.381 e. The summed E-state index contributed by atoms with van der Waals surface area (Å²) in [5.41, 5.74) is 0.738. The third-order valence-corrected chi connectivity index (χ3v) is 2.81. The predicted molar refractivity (Wildman–Crippen MR) is 73.3 cm³/mol. The Labute approximate surface area is 110 Å². The minimum Gasteiger partial charge on any atom is -0.381 e. The first-order valence-electron chi connectivity index (χ1n) is 6.68. The van der Waals surface area contributed by atoms with Crippen molar-refractivity contribution in [3.63, 3.8) is 0 Å². The molecule has 0 spiro atoms. The Kier molecular flexibility index (Phi) is 6.91. The second-order valence-corrected chi connectivity index (χ2v) is 4.93. The molecule has 1 N–H and O–H groups in total. The lowest BCUT2D eigenvalue weighted by atomic mass is 9.99. The van der Waals surface area contributed by atoms with E-state index in [0.717, 1.165) is 18.7 Å². The van der Waals surface area contributed by atoms with Gasteiger partial charge in [0.25, 0.3) is 0 Å². The molecule has 0 aromatic heterocycles. The van der Waals surface area contributed by atoms with E-state index in [9.17, 15) is 4.39 Å². The van der Waals surface area contributed by atoms with E-state index in [1.165, 1.54) is 6.07 Å². The maximum Gasteiger partial charge on any atom is 0.126 e. The molecule has 18 heavy (non-hydrogen) atoms. The van der Waals surface area contributed by atoms with E-state index >= 15 is 0 Å². The monoisotopic (exact) mass is 253 g/mol. The Hall–Kier alpha value is -0.930. The summed E-state index contributed by atoms with van der Waals surface area (Å²) in [5.74, 6) is 0.525. The summed E-state index contributed by atoms with van der Waals surface area (Å²) in [6.07, 6.45) is 0. The molecular weight excluding hydrogens is 229 g/mol. The second kappa shape index (κ2) is 8.22. The molecule has 1 aromatic rings.